The Morgan fingerprint density at radius 3 is 1.27 bits per heavy atom. The van der Waals surface area contributed by atoms with Crippen LogP contribution < -0.4 is 21.1 Å². The topological polar surface area (TPSA) is 188 Å². The number of hydrogen-bond donors (Lipinski definition) is 4. The van der Waals surface area contributed by atoms with Gasteiger partial charge in [0, 0.05) is 21.2 Å². The fraction of sp³-hybridized carbons (Fsp3) is 0.0667. The van der Waals surface area contributed by atoms with Gasteiger partial charge in [-0.3, -0.25) is 10.9 Å². The fourth-order valence-electron chi connectivity index (χ4n) is 4.24. The minimum atomic E-state index is -2.08. The summed E-state index contributed by atoms with van der Waals surface area (Å²) in [6, 6.07) is 24.9. The average Bonchev–Trinajstić information content (AvgIpc) is 3.66. The van der Waals surface area contributed by atoms with Crippen LogP contribution in [0.25, 0.3) is 0 Å². The molecule has 12 nitrogen and oxygen atoms in total. The van der Waals surface area contributed by atoms with Gasteiger partial charge in [0.25, 0.3) is 11.4 Å². The Labute approximate surface area is 278 Å². The number of carboxylic acids is 2. The van der Waals surface area contributed by atoms with Gasteiger partial charge >= 0.3 is 19.5 Å². The molecule has 2 heterocycles. The van der Waals surface area contributed by atoms with Gasteiger partial charge in [-0.25, -0.2) is 0 Å². The number of carbonyl (C=O) groups is 2. The van der Waals surface area contributed by atoms with Gasteiger partial charge in [-0.05, 0) is 72.8 Å². The summed E-state index contributed by atoms with van der Waals surface area (Å²) < 4.78 is 11.0. The van der Waals surface area contributed by atoms with E-state index < -0.39 is 23.4 Å². The molecule has 224 valence electrons. The quantitative estimate of drug-likeness (QED) is 0.216. The number of carbonyl (C=O) groups excluding carboxylic acids is 2. The summed E-state index contributed by atoms with van der Waals surface area (Å²) in [5.74, 6) is -3.50. The molecule has 4 aromatic rings. The van der Waals surface area contributed by atoms with Crippen molar-refractivity contribution in [2.24, 2.45) is 10.2 Å². The van der Waals surface area contributed by atoms with Crippen molar-refractivity contribution in [3.8, 4) is 11.5 Å². The maximum Gasteiger partial charge on any atom is 2.00 e. The number of nitrogens with one attached hydrogen (secondary N) is 2. The van der Waals surface area contributed by atoms with Gasteiger partial charge in [0.1, 0.15) is 23.4 Å². The largest absolute Gasteiger partial charge is 2.00 e. The zero-order valence-electron chi connectivity index (χ0n) is 22.9. The molecule has 2 unspecified atom stereocenters. The Hall–Kier alpha value is -4.84. The second kappa shape index (κ2) is 13.4. The summed E-state index contributed by atoms with van der Waals surface area (Å²) >= 11 is 11.6. The molecule has 6 rings (SSSR count). The molecule has 2 aliphatic heterocycles. The van der Waals surface area contributed by atoms with Crippen LogP contribution in [0, 0.1) is 0 Å². The van der Waals surface area contributed by atoms with Crippen LogP contribution in [-0.2, 0) is 50.0 Å². The Kier molecular flexibility index (Phi) is 9.87. The number of carboxylic acid groups (broad SMARTS) is 2. The molecule has 0 bridgehead atoms. The first-order valence-electron chi connectivity index (χ1n) is 12.7. The van der Waals surface area contributed by atoms with Crippen LogP contribution in [0.1, 0.15) is 22.3 Å². The van der Waals surface area contributed by atoms with Crippen LogP contribution in [0.4, 0.5) is 0 Å². The van der Waals surface area contributed by atoms with Crippen molar-refractivity contribution in [2.45, 2.75) is 11.4 Å². The van der Waals surface area contributed by atoms with Crippen LogP contribution in [-0.4, -0.2) is 33.9 Å². The number of halogens is 2. The normalized spacial score (nSPS) is 19.5. The number of hydrogen-bond acceptors (Lipinski definition) is 12. The van der Waals surface area contributed by atoms with Crippen LogP contribution in [0.3, 0.4) is 0 Å². The third-order valence-corrected chi connectivity index (χ3v) is 6.96. The van der Waals surface area contributed by atoms with Crippen molar-refractivity contribution >= 4 is 46.9 Å². The predicted molar refractivity (Wildman–Crippen MR) is 154 cm³/mol. The molecule has 0 aliphatic carbocycles. The van der Waals surface area contributed by atoms with Crippen LogP contribution in [0.15, 0.2) is 107 Å². The molecule has 2 atom stereocenters. The molecule has 0 amide bonds. The second-order valence-corrected chi connectivity index (χ2v) is 10.1. The van der Waals surface area contributed by atoms with Crippen molar-refractivity contribution in [2.75, 3.05) is 0 Å². The predicted octanol–water partition coefficient (Wildman–Crippen LogP) is 1.86. The number of ether oxygens (including phenoxy) is 2. The monoisotopic (exact) mass is 698 g/mol. The van der Waals surface area contributed by atoms with E-state index in [1.54, 1.807) is 72.8 Å². The molecule has 0 saturated carbocycles. The van der Waals surface area contributed by atoms with Crippen LogP contribution >= 0.6 is 23.2 Å². The number of aromatic hydroxyl groups is 2. The number of phenolic OH excluding ortho intramolecular Hbond substituents is 2. The molecule has 4 aromatic carbocycles. The number of para-hydroxylation sites is 2. The summed E-state index contributed by atoms with van der Waals surface area (Å²) in [5, 5.41) is 51.9. The van der Waals surface area contributed by atoms with Gasteiger partial charge in [-0.1, -0.05) is 47.5 Å². The van der Waals surface area contributed by atoms with Crippen LogP contribution in [0.5, 0.6) is 11.5 Å². The smallest absolute Gasteiger partial charge is 0.544 e. The molecule has 0 radical (unpaired) electrons. The van der Waals surface area contributed by atoms with E-state index in [4.69, 9.17) is 32.7 Å². The number of aliphatic carboxylic acids is 2. The van der Waals surface area contributed by atoms with Gasteiger partial charge in [0.05, 0.1) is 11.1 Å². The van der Waals surface area contributed by atoms with E-state index in [9.17, 15) is 30.0 Å². The zero-order chi connectivity index (χ0) is 31.5. The standard InChI is InChI=1S/2C15H11ClN2O4.Zn/c2*16-10-7-5-9(6-8-10)13-17-18-15(22-13,14(20)21)11-3-1-2-4-12(11)19;/h2*1-8,18-19H,(H,20,21);/q;;+2/p-2. The number of benzene rings is 4. The van der Waals surface area contributed by atoms with Gasteiger partial charge in [-0.2, -0.15) is 0 Å². The number of phenols is 2. The molecule has 2 aliphatic rings. The molecule has 0 saturated heterocycles. The van der Waals surface area contributed by atoms with Gasteiger partial charge in [-0.15, -0.1) is 10.2 Å². The van der Waals surface area contributed by atoms with E-state index >= 15 is 0 Å². The van der Waals surface area contributed by atoms with Crippen molar-refractivity contribution in [1.82, 2.24) is 10.9 Å². The summed E-state index contributed by atoms with van der Waals surface area (Å²) in [6.45, 7) is 0. The Bertz CT molecular complexity index is 1660. The van der Waals surface area contributed by atoms with Crippen molar-refractivity contribution < 1.29 is 59.0 Å². The minimum absolute atomic E-state index is 0. The summed E-state index contributed by atoms with van der Waals surface area (Å²) in [4.78, 5) is 23.2. The van der Waals surface area contributed by atoms with Crippen molar-refractivity contribution in [1.29, 1.82) is 0 Å². The summed E-state index contributed by atoms with van der Waals surface area (Å²) in [5.41, 5.74) is 1.72. The maximum atomic E-state index is 11.6. The Morgan fingerprint density at radius 1 is 0.622 bits per heavy atom. The van der Waals surface area contributed by atoms with Gasteiger partial charge in [0.2, 0.25) is 11.8 Å². The Morgan fingerprint density at radius 2 is 0.956 bits per heavy atom. The third-order valence-electron chi connectivity index (χ3n) is 6.45. The molecular formula is C30H20Cl2N4O8Zn. The number of nitrogens with zero attached hydrogens (tertiary/aromatic N) is 2. The summed E-state index contributed by atoms with van der Waals surface area (Å²) in [7, 11) is 0. The molecule has 45 heavy (non-hydrogen) atoms. The summed E-state index contributed by atoms with van der Waals surface area (Å²) in [6.07, 6.45) is 0. The van der Waals surface area contributed by atoms with E-state index in [1.807, 2.05) is 0 Å². The fourth-order valence-corrected chi connectivity index (χ4v) is 4.49. The molecular weight excluding hydrogens is 681 g/mol. The van der Waals surface area contributed by atoms with Crippen molar-refractivity contribution in [3.63, 3.8) is 0 Å². The SMILES string of the molecule is O=C([O-])C1(c2ccccc2O)NN=C(c2ccc(Cl)cc2)O1.O=C([O-])C1(c2ccccc2O)NN=C(c2ccc(Cl)cc2)O1.[Zn+2]. The van der Waals surface area contributed by atoms with E-state index in [1.165, 1.54) is 24.3 Å². The van der Waals surface area contributed by atoms with E-state index in [0.29, 0.717) is 21.2 Å². The first-order valence-corrected chi connectivity index (χ1v) is 13.4. The van der Waals surface area contributed by atoms with Crippen molar-refractivity contribution in [3.05, 3.63) is 129 Å². The number of rotatable bonds is 6. The number of hydrazone groups is 2. The zero-order valence-corrected chi connectivity index (χ0v) is 27.4. The first kappa shape index (κ1) is 33.1. The molecule has 0 spiro atoms. The molecule has 4 N–H and O–H groups in total. The average molecular weight is 701 g/mol. The Balaban J connectivity index is 0.000000200. The van der Waals surface area contributed by atoms with E-state index in [2.05, 4.69) is 21.1 Å². The molecule has 15 heteroatoms. The second-order valence-electron chi connectivity index (χ2n) is 9.25. The van der Waals surface area contributed by atoms with Gasteiger partial charge in [0.15, 0.2) is 0 Å². The van der Waals surface area contributed by atoms with E-state index in [0.717, 1.165) is 0 Å². The third kappa shape index (κ3) is 6.51. The maximum absolute atomic E-state index is 11.6. The van der Waals surface area contributed by atoms with E-state index in [-0.39, 0.29) is 53.9 Å². The minimum Gasteiger partial charge on any atom is -0.544 e. The molecule has 0 aromatic heterocycles. The molecule has 0 fully saturated rings. The first-order chi connectivity index (χ1) is 21.1. The van der Waals surface area contributed by atoms with Gasteiger partial charge < -0.3 is 39.5 Å². The van der Waals surface area contributed by atoms with Crippen LogP contribution in [0.2, 0.25) is 10.0 Å².